The molecule has 0 unspecified atom stereocenters. The molecule has 2 aromatic heterocycles. The van der Waals surface area contributed by atoms with Gasteiger partial charge in [0.2, 0.25) is 0 Å². The van der Waals surface area contributed by atoms with Crippen molar-refractivity contribution in [3.05, 3.63) is 18.0 Å². The summed E-state index contributed by atoms with van der Waals surface area (Å²) in [6, 6.07) is 3.86. The summed E-state index contributed by atoms with van der Waals surface area (Å²) in [5.41, 5.74) is 1.19. The Bertz CT molecular complexity index is 504. The summed E-state index contributed by atoms with van der Waals surface area (Å²) in [5.74, 6) is 1.59. The molecule has 0 saturated carbocycles. The van der Waals surface area contributed by atoms with Crippen LogP contribution in [0, 0.1) is 0 Å². The Labute approximate surface area is 94.2 Å². The molecule has 0 spiro atoms. The van der Waals surface area contributed by atoms with Gasteiger partial charge in [-0.3, -0.25) is 0 Å². The van der Waals surface area contributed by atoms with E-state index in [1.165, 1.54) is 0 Å². The fourth-order valence-corrected chi connectivity index (χ4v) is 1.41. The molecule has 2 rings (SSSR count). The van der Waals surface area contributed by atoms with Crippen LogP contribution in [0.15, 0.2) is 12.1 Å². The van der Waals surface area contributed by atoms with Crippen LogP contribution in [0.2, 0.25) is 0 Å². The van der Waals surface area contributed by atoms with E-state index in [2.05, 4.69) is 20.3 Å². The average Bonchev–Trinajstić information content (AvgIpc) is 2.72. The Kier molecular flexibility index (Phi) is 2.55. The highest BCUT2D eigenvalue weighted by molar-refractivity contribution is 5.73. The second kappa shape index (κ2) is 3.75. The molecular formula is C11H16N4O. The first-order valence-electron chi connectivity index (χ1n) is 5.17. The lowest BCUT2D eigenvalue weighted by molar-refractivity contribution is 0.0124. The SMILES string of the molecule is CNc1ccc2[nH]c(C(C)(C)OC)nc2n1. The number of H-pyrrole nitrogens is 1. The number of pyridine rings is 1. The Balaban J connectivity index is 2.52. The summed E-state index contributed by atoms with van der Waals surface area (Å²) in [5, 5.41) is 2.98. The van der Waals surface area contributed by atoms with E-state index in [0.717, 1.165) is 17.2 Å². The minimum atomic E-state index is -0.430. The fourth-order valence-electron chi connectivity index (χ4n) is 1.41. The molecule has 2 heterocycles. The summed E-state index contributed by atoms with van der Waals surface area (Å²) in [7, 11) is 3.50. The number of methoxy groups -OCH3 is 1. The number of fused-ring (bicyclic) bond motifs is 1. The van der Waals surface area contributed by atoms with Gasteiger partial charge < -0.3 is 15.0 Å². The Morgan fingerprint density at radius 1 is 1.31 bits per heavy atom. The van der Waals surface area contributed by atoms with Crippen LogP contribution in [-0.4, -0.2) is 29.1 Å². The topological polar surface area (TPSA) is 62.8 Å². The molecule has 0 saturated heterocycles. The first kappa shape index (κ1) is 10.9. The number of anilines is 1. The van der Waals surface area contributed by atoms with Crippen molar-refractivity contribution in [3.63, 3.8) is 0 Å². The Morgan fingerprint density at radius 2 is 2.06 bits per heavy atom. The van der Waals surface area contributed by atoms with Crippen molar-refractivity contribution >= 4 is 17.0 Å². The summed E-state index contributed by atoms with van der Waals surface area (Å²) in [6.45, 7) is 3.92. The van der Waals surface area contributed by atoms with Gasteiger partial charge in [0.15, 0.2) is 5.65 Å². The van der Waals surface area contributed by atoms with Crippen LogP contribution >= 0.6 is 0 Å². The van der Waals surface area contributed by atoms with Gasteiger partial charge in [-0.2, -0.15) is 0 Å². The van der Waals surface area contributed by atoms with E-state index < -0.39 is 5.60 Å². The normalized spacial score (nSPS) is 12.0. The van der Waals surface area contributed by atoms with Gasteiger partial charge in [-0.15, -0.1) is 0 Å². The predicted molar refractivity (Wildman–Crippen MR) is 63.5 cm³/mol. The van der Waals surface area contributed by atoms with E-state index in [-0.39, 0.29) is 0 Å². The predicted octanol–water partition coefficient (Wildman–Crippen LogP) is 1.88. The highest BCUT2D eigenvalue weighted by Gasteiger charge is 2.23. The maximum absolute atomic E-state index is 5.37. The van der Waals surface area contributed by atoms with Crippen molar-refractivity contribution < 1.29 is 4.74 Å². The fraction of sp³-hybridized carbons (Fsp3) is 0.455. The van der Waals surface area contributed by atoms with Crippen molar-refractivity contribution in [1.29, 1.82) is 0 Å². The van der Waals surface area contributed by atoms with E-state index in [1.807, 2.05) is 33.0 Å². The van der Waals surface area contributed by atoms with Gasteiger partial charge in [-0.05, 0) is 26.0 Å². The zero-order chi connectivity index (χ0) is 11.8. The van der Waals surface area contributed by atoms with Crippen LogP contribution in [-0.2, 0) is 10.3 Å². The molecule has 86 valence electrons. The minimum Gasteiger partial charge on any atom is -0.373 e. The molecule has 0 aliphatic rings. The molecule has 0 fully saturated rings. The third-order valence-electron chi connectivity index (χ3n) is 2.68. The molecule has 0 amide bonds. The maximum Gasteiger partial charge on any atom is 0.179 e. The van der Waals surface area contributed by atoms with E-state index in [1.54, 1.807) is 7.11 Å². The van der Waals surface area contributed by atoms with Crippen LogP contribution < -0.4 is 5.32 Å². The molecule has 2 N–H and O–H groups in total. The number of nitrogens with one attached hydrogen (secondary N) is 2. The number of rotatable bonds is 3. The third kappa shape index (κ3) is 1.74. The largest absolute Gasteiger partial charge is 0.373 e. The van der Waals surface area contributed by atoms with Crippen molar-refractivity contribution in [2.24, 2.45) is 0 Å². The van der Waals surface area contributed by atoms with Crippen molar-refractivity contribution in [2.45, 2.75) is 19.4 Å². The van der Waals surface area contributed by atoms with Gasteiger partial charge in [0.1, 0.15) is 17.2 Å². The molecular weight excluding hydrogens is 204 g/mol. The quantitative estimate of drug-likeness (QED) is 0.829. The van der Waals surface area contributed by atoms with Gasteiger partial charge >= 0.3 is 0 Å². The molecule has 5 nitrogen and oxygen atoms in total. The number of ether oxygens (including phenoxy) is 1. The number of hydrogen-bond donors (Lipinski definition) is 2. The smallest absolute Gasteiger partial charge is 0.179 e. The van der Waals surface area contributed by atoms with Gasteiger partial charge in [-0.25, -0.2) is 9.97 Å². The summed E-state index contributed by atoms with van der Waals surface area (Å²) in [4.78, 5) is 12.0. The van der Waals surface area contributed by atoms with E-state index in [4.69, 9.17) is 4.74 Å². The van der Waals surface area contributed by atoms with Crippen LogP contribution in [0.3, 0.4) is 0 Å². The number of hydrogen-bond acceptors (Lipinski definition) is 4. The lowest BCUT2D eigenvalue weighted by Crippen LogP contribution is -2.21. The number of aromatic nitrogens is 3. The van der Waals surface area contributed by atoms with Crippen molar-refractivity contribution in [3.8, 4) is 0 Å². The minimum absolute atomic E-state index is 0.430. The van der Waals surface area contributed by atoms with Crippen molar-refractivity contribution in [2.75, 3.05) is 19.5 Å². The van der Waals surface area contributed by atoms with E-state index in [9.17, 15) is 0 Å². The van der Waals surface area contributed by atoms with Crippen LogP contribution in [0.4, 0.5) is 5.82 Å². The summed E-state index contributed by atoms with van der Waals surface area (Å²) >= 11 is 0. The van der Waals surface area contributed by atoms with Crippen molar-refractivity contribution in [1.82, 2.24) is 15.0 Å². The number of nitrogens with zero attached hydrogens (tertiary/aromatic N) is 2. The van der Waals surface area contributed by atoms with Gasteiger partial charge in [0, 0.05) is 14.2 Å². The van der Waals surface area contributed by atoms with Crippen LogP contribution in [0.1, 0.15) is 19.7 Å². The zero-order valence-electron chi connectivity index (χ0n) is 9.96. The summed E-state index contributed by atoms with van der Waals surface area (Å²) < 4.78 is 5.37. The van der Waals surface area contributed by atoms with E-state index >= 15 is 0 Å². The average molecular weight is 220 g/mol. The Hall–Kier alpha value is -1.62. The first-order valence-corrected chi connectivity index (χ1v) is 5.17. The maximum atomic E-state index is 5.37. The van der Waals surface area contributed by atoms with Gasteiger partial charge in [-0.1, -0.05) is 0 Å². The highest BCUT2D eigenvalue weighted by Crippen LogP contribution is 2.23. The Morgan fingerprint density at radius 3 is 2.69 bits per heavy atom. The molecule has 0 aromatic carbocycles. The summed E-state index contributed by atoms with van der Waals surface area (Å²) in [6.07, 6.45) is 0. The molecule has 2 aromatic rings. The highest BCUT2D eigenvalue weighted by atomic mass is 16.5. The molecule has 0 aliphatic carbocycles. The second-order valence-corrected chi connectivity index (χ2v) is 4.12. The zero-order valence-corrected chi connectivity index (χ0v) is 9.96. The molecule has 0 radical (unpaired) electrons. The molecule has 0 atom stereocenters. The standard InChI is InChI=1S/C11H16N4O/c1-11(2,16-4)10-13-7-5-6-8(12-3)14-9(7)15-10/h5-6H,1-4H3,(H2,12,13,14,15). The molecule has 0 aliphatic heterocycles. The van der Waals surface area contributed by atoms with Crippen LogP contribution in [0.5, 0.6) is 0 Å². The van der Waals surface area contributed by atoms with Gasteiger partial charge in [0.25, 0.3) is 0 Å². The molecule has 16 heavy (non-hydrogen) atoms. The number of aromatic amines is 1. The first-order chi connectivity index (χ1) is 7.56. The molecule has 5 heteroatoms. The molecule has 0 bridgehead atoms. The lowest BCUT2D eigenvalue weighted by atomic mass is 10.1. The number of imidazole rings is 1. The lowest BCUT2D eigenvalue weighted by Gasteiger charge is -2.19. The third-order valence-corrected chi connectivity index (χ3v) is 2.68. The van der Waals surface area contributed by atoms with Crippen LogP contribution in [0.25, 0.3) is 11.2 Å². The second-order valence-electron chi connectivity index (χ2n) is 4.12. The van der Waals surface area contributed by atoms with Gasteiger partial charge in [0.05, 0.1) is 5.52 Å². The van der Waals surface area contributed by atoms with E-state index in [0.29, 0.717) is 5.65 Å². The monoisotopic (exact) mass is 220 g/mol.